The van der Waals surface area contributed by atoms with Crippen molar-refractivity contribution in [2.45, 2.75) is 26.2 Å². The summed E-state index contributed by atoms with van der Waals surface area (Å²) in [4.78, 5) is 0. The Labute approximate surface area is 94.5 Å². The molecule has 0 unspecified atom stereocenters. The molecule has 0 saturated carbocycles. The summed E-state index contributed by atoms with van der Waals surface area (Å²) in [5, 5.41) is 9.95. The molecular formula is C13H14N2O. The highest BCUT2D eigenvalue weighted by molar-refractivity contribution is 5.92. The molecule has 2 aromatic rings. The van der Waals surface area contributed by atoms with Gasteiger partial charge in [-0.3, -0.25) is 0 Å². The van der Waals surface area contributed by atoms with E-state index in [9.17, 15) is 0 Å². The topological polar surface area (TPSA) is 62.9 Å². The van der Waals surface area contributed by atoms with Gasteiger partial charge in [0, 0.05) is 5.39 Å². The molecule has 16 heavy (non-hydrogen) atoms. The Morgan fingerprint density at radius 2 is 2.00 bits per heavy atom. The van der Waals surface area contributed by atoms with Crippen LogP contribution in [0.5, 0.6) is 0 Å². The van der Waals surface area contributed by atoms with Crippen molar-refractivity contribution >= 4 is 16.9 Å². The number of nitrogens with zero attached hydrogens (tertiary/aromatic N) is 1. The minimum Gasteiger partial charge on any atom is -0.439 e. The Kier molecular flexibility index (Phi) is 2.16. The lowest BCUT2D eigenvalue weighted by Crippen LogP contribution is -2.11. The summed E-state index contributed by atoms with van der Waals surface area (Å²) in [6.45, 7) is 6.31. The fourth-order valence-electron chi connectivity index (χ4n) is 1.90. The van der Waals surface area contributed by atoms with E-state index in [0.29, 0.717) is 11.1 Å². The van der Waals surface area contributed by atoms with E-state index >= 15 is 0 Å². The van der Waals surface area contributed by atoms with E-state index in [4.69, 9.17) is 15.4 Å². The molecule has 0 fully saturated rings. The van der Waals surface area contributed by atoms with Crippen molar-refractivity contribution < 1.29 is 4.42 Å². The molecule has 0 aliphatic heterocycles. The highest BCUT2D eigenvalue weighted by Crippen LogP contribution is 2.35. The first-order valence-corrected chi connectivity index (χ1v) is 5.16. The monoisotopic (exact) mass is 214 g/mol. The Bertz CT molecular complexity index is 582. The number of rotatable bonds is 0. The molecule has 0 atom stereocenters. The number of nitriles is 1. The van der Waals surface area contributed by atoms with E-state index in [2.05, 4.69) is 26.8 Å². The summed E-state index contributed by atoms with van der Waals surface area (Å²) in [5.41, 5.74) is 7.86. The van der Waals surface area contributed by atoms with Crippen molar-refractivity contribution in [3.8, 4) is 6.07 Å². The van der Waals surface area contributed by atoms with E-state index in [0.717, 1.165) is 10.9 Å². The number of anilines is 1. The van der Waals surface area contributed by atoms with Gasteiger partial charge < -0.3 is 10.2 Å². The van der Waals surface area contributed by atoms with Gasteiger partial charge in [0.2, 0.25) is 5.88 Å². The van der Waals surface area contributed by atoms with Crippen molar-refractivity contribution in [2.75, 3.05) is 5.73 Å². The lowest BCUT2D eigenvalue weighted by molar-refractivity contribution is 0.594. The van der Waals surface area contributed by atoms with Crippen LogP contribution in [0.3, 0.4) is 0 Å². The summed E-state index contributed by atoms with van der Waals surface area (Å²) in [6.07, 6.45) is 0. The van der Waals surface area contributed by atoms with Gasteiger partial charge in [0.1, 0.15) is 17.2 Å². The molecule has 1 heterocycles. The number of hydrogen-bond donors (Lipinski definition) is 1. The molecule has 0 aliphatic carbocycles. The molecule has 3 heteroatoms. The van der Waals surface area contributed by atoms with Gasteiger partial charge in [0.15, 0.2) is 0 Å². The predicted octanol–water partition coefficient (Wildman–Crippen LogP) is 3.18. The highest BCUT2D eigenvalue weighted by Gasteiger charge is 2.22. The van der Waals surface area contributed by atoms with E-state index in [-0.39, 0.29) is 11.3 Å². The van der Waals surface area contributed by atoms with Gasteiger partial charge in [0.25, 0.3) is 0 Å². The third kappa shape index (κ3) is 1.43. The molecule has 0 amide bonds. The Morgan fingerprint density at radius 1 is 1.31 bits per heavy atom. The largest absolute Gasteiger partial charge is 0.439 e. The zero-order valence-electron chi connectivity index (χ0n) is 9.66. The first-order valence-electron chi connectivity index (χ1n) is 5.16. The van der Waals surface area contributed by atoms with Crippen LogP contribution < -0.4 is 5.73 Å². The molecule has 0 aliphatic rings. The van der Waals surface area contributed by atoms with E-state index < -0.39 is 0 Å². The van der Waals surface area contributed by atoms with Crippen LogP contribution in [0.4, 0.5) is 5.88 Å². The Morgan fingerprint density at radius 3 is 2.56 bits per heavy atom. The summed E-state index contributed by atoms with van der Waals surface area (Å²) in [5.74, 6) is 0.203. The highest BCUT2D eigenvalue weighted by atomic mass is 16.3. The average Bonchev–Trinajstić information content (AvgIpc) is 2.51. The summed E-state index contributed by atoms with van der Waals surface area (Å²) < 4.78 is 5.38. The molecule has 0 saturated heterocycles. The molecule has 2 N–H and O–H groups in total. The van der Waals surface area contributed by atoms with E-state index in [1.807, 2.05) is 18.2 Å². The number of nitrogens with two attached hydrogens (primary N) is 1. The van der Waals surface area contributed by atoms with Crippen LogP contribution in [0.25, 0.3) is 11.0 Å². The zero-order valence-corrected chi connectivity index (χ0v) is 9.66. The van der Waals surface area contributed by atoms with E-state index in [1.54, 1.807) is 0 Å². The minimum absolute atomic E-state index is 0.0403. The maximum absolute atomic E-state index is 9.11. The fourth-order valence-corrected chi connectivity index (χ4v) is 1.90. The number of benzene rings is 1. The van der Waals surface area contributed by atoms with Crippen molar-refractivity contribution in [2.24, 2.45) is 0 Å². The molecule has 3 nitrogen and oxygen atoms in total. The number of furan rings is 1. The predicted molar refractivity (Wildman–Crippen MR) is 64.0 cm³/mol. The second kappa shape index (κ2) is 3.28. The fraction of sp³-hybridized carbons (Fsp3) is 0.308. The summed E-state index contributed by atoms with van der Waals surface area (Å²) in [7, 11) is 0. The van der Waals surface area contributed by atoms with Gasteiger partial charge in [-0.15, -0.1) is 0 Å². The minimum atomic E-state index is -0.0403. The third-order valence-electron chi connectivity index (χ3n) is 2.66. The maximum atomic E-state index is 9.11. The smallest absolute Gasteiger partial charge is 0.209 e. The quantitative estimate of drug-likeness (QED) is 0.732. The Balaban J connectivity index is 2.92. The normalized spacial score (nSPS) is 11.6. The SMILES string of the molecule is CC(C)(C)c1cccc2oc(N)c(C#N)c12. The molecule has 0 bridgehead atoms. The number of hydrogen-bond acceptors (Lipinski definition) is 3. The number of nitrogen functional groups attached to an aromatic ring is 1. The average molecular weight is 214 g/mol. The van der Waals surface area contributed by atoms with Crippen LogP contribution in [0.2, 0.25) is 0 Å². The van der Waals surface area contributed by atoms with Crippen molar-refractivity contribution in [3.05, 3.63) is 29.3 Å². The van der Waals surface area contributed by atoms with Crippen LogP contribution in [0.15, 0.2) is 22.6 Å². The van der Waals surface area contributed by atoms with Gasteiger partial charge in [-0.2, -0.15) is 5.26 Å². The first kappa shape index (κ1) is 10.6. The van der Waals surface area contributed by atoms with Gasteiger partial charge in [0.05, 0.1) is 0 Å². The maximum Gasteiger partial charge on any atom is 0.209 e. The standard InChI is InChI=1S/C13H14N2O/c1-13(2,3)9-5-4-6-10-11(9)8(7-14)12(15)16-10/h4-6H,15H2,1-3H3. The second-order valence-electron chi connectivity index (χ2n) is 4.88. The summed E-state index contributed by atoms with van der Waals surface area (Å²) in [6, 6.07) is 7.88. The van der Waals surface area contributed by atoms with Crippen molar-refractivity contribution in [1.29, 1.82) is 5.26 Å². The van der Waals surface area contributed by atoms with Crippen LogP contribution in [0.1, 0.15) is 31.9 Å². The lowest BCUT2D eigenvalue weighted by Gasteiger charge is -2.19. The zero-order chi connectivity index (χ0) is 11.9. The van der Waals surface area contributed by atoms with Gasteiger partial charge in [-0.25, -0.2) is 0 Å². The van der Waals surface area contributed by atoms with E-state index in [1.165, 1.54) is 0 Å². The number of fused-ring (bicyclic) bond motifs is 1. The van der Waals surface area contributed by atoms with Crippen LogP contribution >= 0.6 is 0 Å². The van der Waals surface area contributed by atoms with Gasteiger partial charge in [-0.1, -0.05) is 32.9 Å². The van der Waals surface area contributed by atoms with Gasteiger partial charge in [-0.05, 0) is 17.0 Å². The molecule has 0 radical (unpaired) electrons. The first-order chi connectivity index (χ1) is 7.45. The Hall–Kier alpha value is -1.95. The van der Waals surface area contributed by atoms with Crippen molar-refractivity contribution in [1.82, 2.24) is 0 Å². The third-order valence-corrected chi connectivity index (χ3v) is 2.66. The molecule has 82 valence electrons. The summed E-state index contributed by atoms with van der Waals surface area (Å²) >= 11 is 0. The molecule has 2 rings (SSSR count). The van der Waals surface area contributed by atoms with Crippen LogP contribution in [-0.4, -0.2) is 0 Å². The lowest BCUT2D eigenvalue weighted by atomic mass is 9.84. The molecule has 1 aromatic heterocycles. The molecule has 0 spiro atoms. The van der Waals surface area contributed by atoms with Gasteiger partial charge >= 0.3 is 0 Å². The molecular weight excluding hydrogens is 200 g/mol. The van der Waals surface area contributed by atoms with Crippen molar-refractivity contribution in [3.63, 3.8) is 0 Å². The molecule has 1 aromatic carbocycles. The van der Waals surface area contributed by atoms with Crippen LogP contribution in [-0.2, 0) is 5.41 Å². The second-order valence-corrected chi connectivity index (χ2v) is 4.88. The van der Waals surface area contributed by atoms with Crippen LogP contribution in [0, 0.1) is 11.3 Å².